The fraction of sp³-hybridized carbons (Fsp3) is 0.288. The molecule has 4 aliphatic rings. The summed E-state index contributed by atoms with van der Waals surface area (Å²) in [6.07, 6.45) is 5.30. The average molecular weight is 794 g/mol. The zero-order valence-corrected chi connectivity index (χ0v) is 37.0. The van der Waals surface area contributed by atoms with Crippen LogP contribution >= 0.6 is 0 Å². The number of hydrogen-bond acceptors (Lipinski definition) is 2. The molecule has 2 bridgehead atoms. The summed E-state index contributed by atoms with van der Waals surface area (Å²) < 4.78 is 7.36. The first-order chi connectivity index (χ1) is 29.3. The van der Waals surface area contributed by atoms with Crippen molar-refractivity contribution >= 4 is 39.0 Å². The molecule has 3 unspecified atom stereocenters. The van der Waals surface area contributed by atoms with E-state index >= 15 is 0 Å². The molecular formula is C59H55NO. The van der Waals surface area contributed by atoms with Crippen molar-refractivity contribution in [3.63, 3.8) is 0 Å². The number of nitrogens with zero attached hydrogens (tertiary/aromatic N) is 1. The van der Waals surface area contributed by atoms with Gasteiger partial charge in [0.05, 0.1) is 5.69 Å². The van der Waals surface area contributed by atoms with Crippen LogP contribution in [0.25, 0.3) is 55.3 Å². The molecule has 1 spiro atoms. The molecule has 61 heavy (non-hydrogen) atoms. The fourth-order valence-electron chi connectivity index (χ4n) is 13.2. The molecule has 0 saturated heterocycles. The third-order valence-corrected chi connectivity index (χ3v) is 15.7. The van der Waals surface area contributed by atoms with Crippen LogP contribution in [-0.2, 0) is 16.2 Å². The molecule has 0 aliphatic heterocycles. The van der Waals surface area contributed by atoms with Gasteiger partial charge >= 0.3 is 0 Å². The molecule has 12 rings (SSSR count). The van der Waals surface area contributed by atoms with E-state index in [1.165, 1.54) is 109 Å². The Bertz CT molecular complexity index is 3140. The normalized spacial score (nSPS) is 20.4. The predicted octanol–water partition coefficient (Wildman–Crippen LogP) is 16.3. The van der Waals surface area contributed by atoms with Crippen LogP contribution in [0.3, 0.4) is 0 Å². The number of aryl methyl sites for hydroxylation is 3. The maximum Gasteiger partial charge on any atom is 0.159 e. The summed E-state index contributed by atoms with van der Waals surface area (Å²) in [5.41, 5.74) is 24.3. The maximum absolute atomic E-state index is 7.36. The number of benzene rings is 7. The number of para-hydroxylation sites is 1. The smallest absolute Gasteiger partial charge is 0.159 e. The molecule has 1 aromatic heterocycles. The summed E-state index contributed by atoms with van der Waals surface area (Å²) >= 11 is 0. The molecule has 1 heterocycles. The van der Waals surface area contributed by atoms with Gasteiger partial charge in [-0.15, -0.1) is 0 Å². The second-order valence-electron chi connectivity index (χ2n) is 20.7. The van der Waals surface area contributed by atoms with Crippen LogP contribution in [0.5, 0.6) is 0 Å². The minimum Gasteiger partial charge on any atom is -0.454 e. The van der Waals surface area contributed by atoms with Crippen molar-refractivity contribution in [1.29, 1.82) is 0 Å². The molecular weight excluding hydrogens is 739 g/mol. The third kappa shape index (κ3) is 5.08. The minimum absolute atomic E-state index is 0.0771. The lowest BCUT2D eigenvalue weighted by Crippen LogP contribution is -2.32. The van der Waals surface area contributed by atoms with E-state index in [1.54, 1.807) is 5.56 Å². The Hall–Kier alpha value is -5.86. The molecule has 8 aromatic rings. The third-order valence-electron chi connectivity index (χ3n) is 15.7. The topological polar surface area (TPSA) is 16.4 Å². The molecule has 2 saturated carbocycles. The Morgan fingerprint density at radius 2 is 1.23 bits per heavy atom. The van der Waals surface area contributed by atoms with Gasteiger partial charge in [0.25, 0.3) is 0 Å². The first-order valence-corrected chi connectivity index (χ1v) is 22.7. The molecule has 0 radical (unpaired) electrons. The van der Waals surface area contributed by atoms with Crippen LogP contribution in [0.15, 0.2) is 132 Å². The maximum atomic E-state index is 7.36. The van der Waals surface area contributed by atoms with E-state index in [4.69, 9.17) is 4.42 Å². The van der Waals surface area contributed by atoms with Gasteiger partial charge in [-0.1, -0.05) is 132 Å². The van der Waals surface area contributed by atoms with Crippen LogP contribution in [0, 0.1) is 32.6 Å². The van der Waals surface area contributed by atoms with Gasteiger partial charge < -0.3 is 9.32 Å². The second-order valence-corrected chi connectivity index (χ2v) is 20.7. The molecule has 2 heteroatoms. The van der Waals surface area contributed by atoms with Crippen molar-refractivity contribution in [3.8, 4) is 33.4 Å². The molecule has 0 amide bonds. The van der Waals surface area contributed by atoms with Gasteiger partial charge in [-0.3, -0.25) is 0 Å². The van der Waals surface area contributed by atoms with Crippen LogP contribution < -0.4 is 4.90 Å². The molecule has 2 fully saturated rings. The van der Waals surface area contributed by atoms with E-state index in [1.807, 2.05) is 0 Å². The first kappa shape index (κ1) is 36.9. The highest BCUT2D eigenvalue weighted by molar-refractivity contribution is 6.12. The zero-order valence-electron chi connectivity index (χ0n) is 37.0. The van der Waals surface area contributed by atoms with E-state index in [0.29, 0.717) is 5.92 Å². The molecule has 2 nitrogen and oxygen atoms in total. The molecule has 3 atom stereocenters. The van der Waals surface area contributed by atoms with Gasteiger partial charge in [-0.05, 0) is 167 Å². The number of hydrogen-bond donors (Lipinski definition) is 0. The summed E-state index contributed by atoms with van der Waals surface area (Å²) in [5.74, 6) is 1.50. The Morgan fingerprint density at radius 1 is 0.590 bits per heavy atom. The van der Waals surface area contributed by atoms with Gasteiger partial charge in [0.1, 0.15) is 5.58 Å². The summed E-state index contributed by atoms with van der Waals surface area (Å²) in [5, 5.41) is 2.33. The zero-order chi connectivity index (χ0) is 41.7. The van der Waals surface area contributed by atoms with Crippen molar-refractivity contribution in [3.05, 3.63) is 172 Å². The van der Waals surface area contributed by atoms with Crippen molar-refractivity contribution in [2.24, 2.45) is 11.8 Å². The van der Waals surface area contributed by atoms with Crippen LogP contribution in [0.1, 0.15) is 105 Å². The first-order valence-electron chi connectivity index (χ1n) is 22.7. The average Bonchev–Trinajstić information content (AvgIpc) is 4.05. The highest BCUT2D eigenvalue weighted by Gasteiger charge is 2.56. The van der Waals surface area contributed by atoms with Gasteiger partial charge in [-0.25, -0.2) is 0 Å². The summed E-state index contributed by atoms with van der Waals surface area (Å²) in [4.78, 5) is 2.53. The highest BCUT2D eigenvalue weighted by atomic mass is 16.3. The Balaban J connectivity index is 1.12. The Labute approximate surface area is 361 Å². The van der Waals surface area contributed by atoms with Gasteiger partial charge in [0.2, 0.25) is 0 Å². The van der Waals surface area contributed by atoms with Gasteiger partial charge in [0, 0.05) is 38.5 Å². The van der Waals surface area contributed by atoms with E-state index in [9.17, 15) is 0 Å². The fourth-order valence-corrected chi connectivity index (χ4v) is 13.2. The number of rotatable bonds is 4. The van der Waals surface area contributed by atoms with Gasteiger partial charge in [0.15, 0.2) is 5.58 Å². The van der Waals surface area contributed by atoms with Crippen LogP contribution in [-0.4, -0.2) is 0 Å². The molecule has 4 aliphatic carbocycles. The number of fused-ring (bicyclic) bond motifs is 14. The lowest BCUT2D eigenvalue weighted by Gasteiger charge is -2.37. The molecule has 302 valence electrons. The Morgan fingerprint density at radius 3 is 1.90 bits per heavy atom. The summed E-state index contributed by atoms with van der Waals surface area (Å²) in [7, 11) is 0. The quantitative estimate of drug-likeness (QED) is 0.176. The monoisotopic (exact) mass is 793 g/mol. The molecule has 7 aromatic carbocycles. The van der Waals surface area contributed by atoms with Crippen LogP contribution in [0.4, 0.5) is 17.1 Å². The van der Waals surface area contributed by atoms with Crippen molar-refractivity contribution < 1.29 is 4.42 Å². The second kappa shape index (κ2) is 12.6. The predicted molar refractivity (Wildman–Crippen MR) is 256 cm³/mol. The van der Waals surface area contributed by atoms with Crippen molar-refractivity contribution in [2.45, 2.75) is 97.3 Å². The van der Waals surface area contributed by atoms with Crippen LogP contribution in [0.2, 0.25) is 0 Å². The minimum atomic E-state index is -0.140. The van der Waals surface area contributed by atoms with E-state index in [-0.39, 0.29) is 16.2 Å². The molecule has 0 N–H and O–H groups in total. The van der Waals surface area contributed by atoms with Crippen molar-refractivity contribution in [2.75, 3.05) is 4.90 Å². The summed E-state index contributed by atoms with van der Waals surface area (Å²) in [6.45, 7) is 18.4. The number of furan rings is 1. The van der Waals surface area contributed by atoms with Gasteiger partial charge in [-0.2, -0.15) is 0 Å². The van der Waals surface area contributed by atoms with E-state index in [0.717, 1.165) is 33.8 Å². The van der Waals surface area contributed by atoms with E-state index in [2.05, 4.69) is 188 Å². The number of anilines is 3. The highest BCUT2D eigenvalue weighted by Crippen LogP contribution is 2.66. The summed E-state index contributed by atoms with van der Waals surface area (Å²) in [6, 6.07) is 49.2. The van der Waals surface area contributed by atoms with E-state index < -0.39 is 0 Å². The Kier molecular flexibility index (Phi) is 7.63. The lowest BCUT2D eigenvalue weighted by molar-refractivity contribution is 0.327. The lowest BCUT2D eigenvalue weighted by atomic mass is 9.67. The SMILES string of the molecule is Cc1cc(C)c(-c2cc(C(C)(C)C)c3oc4c(N(c5ccc6c(c5)C(C)(C)c5ccccc5-6)c5ccc6c(c5)C5(CC7CCC5C7)c5ccccc5-6)cccc4c3c2)c(C)c1. The van der Waals surface area contributed by atoms with Crippen molar-refractivity contribution in [1.82, 2.24) is 0 Å². The standard InChI is InChI=1S/C59H55NO/c1-34-26-35(2)54(36(3)27-34)38-29-47-46-16-13-19-53(56(46)61-55(47)52(30-38)57(4,5)6)60(40-22-24-44-42-14-9-11-17-48(42)58(7,8)50(44)31-40)41-23-25-45-43-15-10-12-18-49(43)59(51(45)32-41)33-37-20-21-39(59)28-37/h9-19,22-27,29-32,37,39H,20-21,28,33H2,1-8H3. The largest absolute Gasteiger partial charge is 0.454 e.